The molecule has 1 saturated carbocycles. The predicted octanol–water partition coefficient (Wildman–Crippen LogP) is 2.40. The molecule has 0 radical (unpaired) electrons. The Morgan fingerprint density at radius 3 is 2.29 bits per heavy atom. The highest BCUT2D eigenvalue weighted by Crippen LogP contribution is 2.38. The van der Waals surface area contributed by atoms with Gasteiger partial charge >= 0.3 is 6.18 Å². The Balaban J connectivity index is 1.81. The summed E-state index contributed by atoms with van der Waals surface area (Å²) in [5.41, 5.74) is 0. The molecule has 0 aromatic rings. The van der Waals surface area contributed by atoms with E-state index in [-0.39, 0.29) is 0 Å². The fourth-order valence-electron chi connectivity index (χ4n) is 3.00. The maximum atomic E-state index is 12.6. The van der Waals surface area contributed by atoms with E-state index in [4.69, 9.17) is 0 Å². The van der Waals surface area contributed by atoms with E-state index in [0.717, 1.165) is 32.6 Å². The molecule has 1 saturated heterocycles. The number of alkyl halides is 3. The van der Waals surface area contributed by atoms with Crippen LogP contribution in [0.3, 0.4) is 0 Å². The van der Waals surface area contributed by atoms with E-state index in [2.05, 4.69) is 10.2 Å². The number of nitrogens with zero attached hydrogens (tertiary/aromatic N) is 1. The molecule has 0 spiro atoms. The molecule has 1 aliphatic heterocycles. The number of nitrogens with one attached hydrogen (secondary N) is 1. The van der Waals surface area contributed by atoms with Crippen LogP contribution in [0.5, 0.6) is 0 Å². The zero-order chi connectivity index (χ0) is 12.3. The second kappa shape index (κ2) is 5.57. The van der Waals surface area contributed by atoms with Gasteiger partial charge in [-0.2, -0.15) is 13.2 Å². The first-order valence-electron chi connectivity index (χ1n) is 6.59. The molecule has 1 aliphatic carbocycles. The average Bonchev–Trinajstić information content (AvgIpc) is 2.56. The van der Waals surface area contributed by atoms with Gasteiger partial charge in [0.2, 0.25) is 0 Å². The lowest BCUT2D eigenvalue weighted by Gasteiger charge is -2.36. The Kier molecular flexibility index (Phi) is 4.31. The SMILES string of the molecule is FC(F)(F)C1CCC(N2CCCNCC2)CC1. The maximum absolute atomic E-state index is 12.6. The van der Waals surface area contributed by atoms with E-state index in [9.17, 15) is 13.2 Å². The molecule has 100 valence electrons. The number of hydrogen-bond donors (Lipinski definition) is 1. The predicted molar refractivity (Wildman–Crippen MR) is 60.9 cm³/mol. The molecule has 17 heavy (non-hydrogen) atoms. The lowest BCUT2D eigenvalue weighted by molar-refractivity contribution is -0.184. The first-order valence-corrected chi connectivity index (χ1v) is 6.59. The Hall–Kier alpha value is -0.290. The fraction of sp³-hybridized carbons (Fsp3) is 1.00. The van der Waals surface area contributed by atoms with E-state index in [1.165, 1.54) is 0 Å². The summed E-state index contributed by atoms with van der Waals surface area (Å²) in [6.07, 6.45) is -0.810. The molecule has 1 heterocycles. The van der Waals surface area contributed by atoms with Crippen molar-refractivity contribution in [1.82, 2.24) is 10.2 Å². The van der Waals surface area contributed by atoms with Crippen LogP contribution in [0, 0.1) is 5.92 Å². The smallest absolute Gasteiger partial charge is 0.315 e. The molecule has 2 aliphatic rings. The third-order valence-electron chi connectivity index (χ3n) is 4.05. The van der Waals surface area contributed by atoms with Crippen molar-refractivity contribution in [2.45, 2.75) is 44.3 Å². The summed E-state index contributed by atoms with van der Waals surface area (Å²) in [6.45, 7) is 4.03. The molecular weight excluding hydrogens is 229 g/mol. The summed E-state index contributed by atoms with van der Waals surface area (Å²) in [6, 6.07) is 0.383. The van der Waals surface area contributed by atoms with Gasteiger partial charge in [-0.1, -0.05) is 0 Å². The third-order valence-corrected chi connectivity index (χ3v) is 4.05. The molecular formula is C12H21F3N2. The highest BCUT2D eigenvalue weighted by molar-refractivity contribution is 4.83. The van der Waals surface area contributed by atoms with Gasteiger partial charge in [-0.15, -0.1) is 0 Å². The van der Waals surface area contributed by atoms with E-state index in [0.29, 0.717) is 31.7 Å². The van der Waals surface area contributed by atoms with Crippen molar-refractivity contribution < 1.29 is 13.2 Å². The highest BCUT2D eigenvalue weighted by atomic mass is 19.4. The standard InChI is InChI=1S/C12H21F3N2/c13-12(14,15)10-2-4-11(5-3-10)17-8-1-6-16-7-9-17/h10-11,16H,1-9H2. The topological polar surface area (TPSA) is 15.3 Å². The average molecular weight is 250 g/mol. The van der Waals surface area contributed by atoms with E-state index in [1.54, 1.807) is 0 Å². The van der Waals surface area contributed by atoms with Gasteiger partial charge < -0.3 is 5.32 Å². The van der Waals surface area contributed by atoms with Gasteiger partial charge in [-0.25, -0.2) is 0 Å². The van der Waals surface area contributed by atoms with Crippen LogP contribution in [0.2, 0.25) is 0 Å². The van der Waals surface area contributed by atoms with E-state index in [1.807, 2.05) is 0 Å². The Morgan fingerprint density at radius 1 is 0.941 bits per heavy atom. The Morgan fingerprint density at radius 2 is 1.65 bits per heavy atom. The van der Waals surface area contributed by atoms with Crippen LogP contribution >= 0.6 is 0 Å². The molecule has 0 aromatic carbocycles. The van der Waals surface area contributed by atoms with Crippen molar-refractivity contribution >= 4 is 0 Å². The first kappa shape index (κ1) is 13.1. The second-order valence-electron chi connectivity index (χ2n) is 5.19. The number of halogens is 3. The summed E-state index contributed by atoms with van der Waals surface area (Å²) >= 11 is 0. The van der Waals surface area contributed by atoms with Crippen LogP contribution < -0.4 is 5.32 Å². The molecule has 2 rings (SSSR count). The summed E-state index contributed by atoms with van der Waals surface area (Å²) in [7, 11) is 0. The van der Waals surface area contributed by atoms with Crippen LogP contribution in [0.4, 0.5) is 13.2 Å². The van der Waals surface area contributed by atoms with Crippen LogP contribution in [-0.2, 0) is 0 Å². The van der Waals surface area contributed by atoms with Crippen molar-refractivity contribution in [3.63, 3.8) is 0 Å². The van der Waals surface area contributed by atoms with Gasteiger partial charge in [-0.05, 0) is 45.2 Å². The molecule has 2 nitrogen and oxygen atoms in total. The maximum Gasteiger partial charge on any atom is 0.391 e. The zero-order valence-electron chi connectivity index (χ0n) is 10.1. The third kappa shape index (κ3) is 3.58. The molecule has 0 atom stereocenters. The molecule has 0 amide bonds. The minimum Gasteiger partial charge on any atom is -0.315 e. The van der Waals surface area contributed by atoms with Gasteiger partial charge in [-0.3, -0.25) is 4.90 Å². The molecule has 0 unspecified atom stereocenters. The quantitative estimate of drug-likeness (QED) is 0.768. The summed E-state index contributed by atoms with van der Waals surface area (Å²) in [4.78, 5) is 2.38. The van der Waals surface area contributed by atoms with E-state index >= 15 is 0 Å². The Labute approximate surface area is 101 Å². The summed E-state index contributed by atoms with van der Waals surface area (Å²) < 4.78 is 37.7. The summed E-state index contributed by atoms with van der Waals surface area (Å²) in [5.74, 6) is -1.05. The first-order chi connectivity index (χ1) is 8.07. The van der Waals surface area contributed by atoms with Crippen LogP contribution in [0.1, 0.15) is 32.1 Å². The van der Waals surface area contributed by atoms with Gasteiger partial charge in [0.25, 0.3) is 0 Å². The van der Waals surface area contributed by atoms with Gasteiger partial charge in [0, 0.05) is 19.1 Å². The number of rotatable bonds is 1. The lowest BCUT2D eigenvalue weighted by atomic mass is 9.85. The monoisotopic (exact) mass is 250 g/mol. The zero-order valence-corrected chi connectivity index (χ0v) is 10.1. The molecule has 0 bridgehead atoms. The van der Waals surface area contributed by atoms with Gasteiger partial charge in [0.1, 0.15) is 0 Å². The van der Waals surface area contributed by atoms with Crippen molar-refractivity contribution in [3.05, 3.63) is 0 Å². The van der Waals surface area contributed by atoms with Crippen LogP contribution in [0.15, 0.2) is 0 Å². The largest absolute Gasteiger partial charge is 0.391 e. The van der Waals surface area contributed by atoms with Crippen molar-refractivity contribution in [1.29, 1.82) is 0 Å². The lowest BCUT2D eigenvalue weighted by Crippen LogP contribution is -2.42. The molecule has 1 N–H and O–H groups in total. The number of hydrogen-bond acceptors (Lipinski definition) is 2. The summed E-state index contributed by atoms with van der Waals surface area (Å²) in [5, 5.41) is 3.33. The van der Waals surface area contributed by atoms with Crippen molar-refractivity contribution in [2.24, 2.45) is 5.92 Å². The second-order valence-corrected chi connectivity index (χ2v) is 5.19. The fourth-order valence-corrected chi connectivity index (χ4v) is 3.00. The van der Waals surface area contributed by atoms with Gasteiger partial charge in [0.15, 0.2) is 0 Å². The molecule has 0 aromatic heterocycles. The van der Waals surface area contributed by atoms with Crippen LogP contribution in [0.25, 0.3) is 0 Å². The van der Waals surface area contributed by atoms with Crippen molar-refractivity contribution in [2.75, 3.05) is 26.2 Å². The minimum atomic E-state index is -3.98. The molecule has 5 heteroatoms. The molecule has 2 fully saturated rings. The van der Waals surface area contributed by atoms with E-state index < -0.39 is 12.1 Å². The normalized spacial score (nSPS) is 33.4. The highest BCUT2D eigenvalue weighted by Gasteiger charge is 2.42. The minimum absolute atomic E-state index is 0.318. The van der Waals surface area contributed by atoms with Gasteiger partial charge in [0.05, 0.1) is 5.92 Å². The Bertz CT molecular complexity index is 226. The van der Waals surface area contributed by atoms with Crippen LogP contribution in [-0.4, -0.2) is 43.3 Å². The van der Waals surface area contributed by atoms with Crippen molar-refractivity contribution in [3.8, 4) is 0 Å².